The summed E-state index contributed by atoms with van der Waals surface area (Å²) in [6.07, 6.45) is 1.52. The van der Waals surface area contributed by atoms with Gasteiger partial charge in [-0.1, -0.05) is 18.2 Å². The predicted molar refractivity (Wildman–Crippen MR) is 114 cm³/mol. The number of carbonyl (C=O) groups is 1. The predicted octanol–water partition coefficient (Wildman–Crippen LogP) is 2.10. The van der Waals surface area contributed by atoms with Crippen LogP contribution in [-0.4, -0.2) is 64.5 Å². The van der Waals surface area contributed by atoms with Crippen molar-refractivity contribution in [1.29, 1.82) is 5.26 Å². The first-order chi connectivity index (χ1) is 15.5. The molecule has 1 amide bonds. The van der Waals surface area contributed by atoms with Crippen molar-refractivity contribution < 1.29 is 19.0 Å². The number of nitrogens with one attached hydrogen (secondary N) is 1. The summed E-state index contributed by atoms with van der Waals surface area (Å²) in [7, 11) is 0. The SMILES string of the molecule is CC1(C)O[C@@H]2[C@H](O1)[C@@H](C[Se]C#N)O[C@H]2n1cnc2c(NC(=O)c3ccccc3)ncnc21. The third-order valence-electron chi connectivity index (χ3n) is 5.34. The molecule has 10 nitrogen and oxygen atoms in total. The van der Waals surface area contributed by atoms with E-state index in [1.807, 2.05) is 19.9 Å². The van der Waals surface area contributed by atoms with Crippen molar-refractivity contribution in [3.63, 3.8) is 0 Å². The number of carbonyl (C=O) groups excluding carboxylic acids is 1. The summed E-state index contributed by atoms with van der Waals surface area (Å²) in [5, 5.41) is 12.4. The number of benzene rings is 1. The van der Waals surface area contributed by atoms with Crippen LogP contribution in [0.3, 0.4) is 0 Å². The first kappa shape index (κ1) is 21.0. The molecule has 0 aliphatic carbocycles. The van der Waals surface area contributed by atoms with Crippen LogP contribution in [-0.2, 0) is 14.2 Å². The van der Waals surface area contributed by atoms with E-state index in [-0.39, 0.29) is 39.2 Å². The first-order valence-corrected chi connectivity index (χ1v) is 12.1. The van der Waals surface area contributed by atoms with Crippen molar-refractivity contribution in [2.24, 2.45) is 0 Å². The fourth-order valence-electron chi connectivity index (χ4n) is 4.04. The maximum absolute atomic E-state index is 12.6. The summed E-state index contributed by atoms with van der Waals surface area (Å²) in [6.45, 7) is 3.72. The molecule has 2 aromatic heterocycles. The van der Waals surface area contributed by atoms with Crippen molar-refractivity contribution in [3.8, 4) is 4.97 Å². The third kappa shape index (κ3) is 3.77. The second-order valence-electron chi connectivity index (χ2n) is 7.90. The van der Waals surface area contributed by atoms with Gasteiger partial charge in [0.1, 0.15) is 0 Å². The molecule has 2 saturated heterocycles. The number of amides is 1. The van der Waals surface area contributed by atoms with Crippen LogP contribution in [0, 0.1) is 10.2 Å². The molecule has 164 valence electrons. The molecule has 4 atom stereocenters. The Kier molecular flexibility index (Phi) is 5.41. The third-order valence-corrected chi connectivity index (χ3v) is 6.65. The Bertz CT molecular complexity index is 1190. The van der Waals surface area contributed by atoms with E-state index in [0.717, 1.165) is 0 Å². The average molecular weight is 499 g/mol. The van der Waals surface area contributed by atoms with Gasteiger partial charge in [0.05, 0.1) is 0 Å². The van der Waals surface area contributed by atoms with Crippen LogP contribution in [0.15, 0.2) is 43.0 Å². The van der Waals surface area contributed by atoms with E-state index in [0.29, 0.717) is 27.9 Å². The molecule has 0 unspecified atom stereocenters. The molecule has 11 heteroatoms. The topological polar surface area (TPSA) is 124 Å². The maximum atomic E-state index is 12.6. The Morgan fingerprint density at radius 1 is 1.22 bits per heavy atom. The Morgan fingerprint density at radius 2 is 2.00 bits per heavy atom. The number of ether oxygens (including phenoxy) is 3. The van der Waals surface area contributed by atoms with E-state index in [2.05, 4.69) is 25.2 Å². The molecule has 0 saturated carbocycles. The van der Waals surface area contributed by atoms with Crippen molar-refractivity contribution in [2.45, 2.75) is 49.5 Å². The fourth-order valence-corrected chi connectivity index (χ4v) is 5.10. The van der Waals surface area contributed by atoms with Crippen molar-refractivity contribution in [1.82, 2.24) is 19.5 Å². The van der Waals surface area contributed by atoms with Crippen LogP contribution in [0.2, 0.25) is 5.32 Å². The zero-order chi connectivity index (χ0) is 22.3. The number of hydrogen-bond acceptors (Lipinski definition) is 8. The normalized spacial score (nSPS) is 26.0. The average Bonchev–Trinajstić information content (AvgIpc) is 3.44. The molecule has 1 aromatic carbocycles. The van der Waals surface area contributed by atoms with Crippen molar-refractivity contribution in [3.05, 3.63) is 48.5 Å². The van der Waals surface area contributed by atoms with Crippen LogP contribution in [0.1, 0.15) is 30.4 Å². The Hall–Kier alpha value is -2.87. The van der Waals surface area contributed by atoms with Gasteiger partial charge in [-0.05, 0) is 0 Å². The van der Waals surface area contributed by atoms with E-state index in [1.54, 1.807) is 35.2 Å². The Morgan fingerprint density at radius 3 is 2.78 bits per heavy atom. The van der Waals surface area contributed by atoms with Gasteiger partial charge in [-0.3, -0.25) is 0 Å². The summed E-state index contributed by atoms with van der Waals surface area (Å²) >= 11 is -0.214. The Labute approximate surface area is 190 Å². The number of fused-ring (bicyclic) bond motifs is 2. The summed E-state index contributed by atoms with van der Waals surface area (Å²) in [4.78, 5) is 27.8. The van der Waals surface area contributed by atoms with E-state index >= 15 is 0 Å². The van der Waals surface area contributed by atoms with Gasteiger partial charge < -0.3 is 0 Å². The number of imidazole rings is 1. The Balaban J connectivity index is 1.46. The van der Waals surface area contributed by atoms with E-state index in [4.69, 9.17) is 19.5 Å². The van der Waals surface area contributed by atoms with Gasteiger partial charge in [0.15, 0.2) is 0 Å². The second kappa shape index (κ2) is 8.24. The number of nitrogens with zero attached hydrogens (tertiary/aromatic N) is 5. The van der Waals surface area contributed by atoms with Gasteiger partial charge >= 0.3 is 172 Å². The standard InChI is InChI=1S/C21H20N6O4Se/c1-21(2)30-15-13(8-32-9-22)29-20(16(15)31-21)27-11-25-14-17(23-10-24-18(14)27)26-19(28)12-6-4-3-5-7-12/h3-7,10-11,13,15-16,20H,8H2,1-2H3,(H,23,24,26,28)/t13-,15-,16-,20-/m1/s1. The molecule has 5 rings (SSSR count). The molecule has 4 heterocycles. The van der Waals surface area contributed by atoms with Gasteiger partial charge in [0.25, 0.3) is 0 Å². The molecule has 0 bridgehead atoms. The summed E-state index contributed by atoms with van der Waals surface area (Å²) in [5.41, 5.74) is 1.47. The minimum atomic E-state index is -0.755. The van der Waals surface area contributed by atoms with Crippen molar-refractivity contribution in [2.75, 3.05) is 5.32 Å². The molecule has 2 aliphatic rings. The van der Waals surface area contributed by atoms with E-state index < -0.39 is 12.0 Å². The molecule has 3 aromatic rings. The van der Waals surface area contributed by atoms with Crippen LogP contribution in [0.5, 0.6) is 0 Å². The van der Waals surface area contributed by atoms with Crippen LogP contribution < -0.4 is 5.32 Å². The second-order valence-corrected chi connectivity index (χ2v) is 9.59. The van der Waals surface area contributed by atoms with E-state index in [9.17, 15) is 4.79 Å². The zero-order valence-corrected chi connectivity index (χ0v) is 19.0. The molecule has 2 aliphatic heterocycles. The number of aromatic nitrogens is 4. The fraction of sp³-hybridized carbons (Fsp3) is 0.381. The van der Waals surface area contributed by atoms with Crippen molar-refractivity contribution >= 4 is 37.8 Å². The quantitative estimate of drug-likeness (QED) is 0.530. The molecular weight excluding hydrogens is 479 g/mol. The number of rotatable bonds is 5. The summed E-state index contributed by atoms with van der Waals surface area (Å²) in [6, 6.07) is 8.88. The van der Waals surface area contributed by atoms with Gasteiger partial charge in [-0.25, -0.2) is 0 Å². The zero-order valence-electron chi connectivity index (χ0n) is 17.3. The molecular formula is C21H20N6O4Se. The van der Waals surface area contributed by atoms with Crippen LogP contribution >= 0.6 is 0 Å². The summed E-state index contributed by atoms with van der Waals surface area (Å²) in [5.74, 6) is -0.731. The molecule has 0 spiro atoms. The van der Waals surface area contributed by atoms with Gasteiger partial charge in [-0.2, -0.15) is 0 Å². The molecule has 1 N–H and O–H groups in total. The van der Waals surface area contributed by atoms with Gasteiger partial charge in [-0.15, -0.1) is 0 Å². The summed E-state index contributed by atoms with van der Waals surface area (Å²) < 4.78 is 20.2. The minimum absolute atomic E-state index is 0.214. The molecule has 2 fully saturated rings. The molecule has 32 heavy (non-hydrogen) atoms. The van der Waals surface area contributed by atoms with E-state index in [1.165, 1.54) is 6.33 Å². The number of anilines is 1. The van der Waals surface area contributed by atoms with Gasteiger partial charge in [0, 0.05) is 0 Å². The van der Waals surface area contributed by atoms with Gasteiger partial charge in [0.2, 0.25) is 0 Å². The molecule has 0 radical (unpaired) electrons. The number of hydrogen-bond donors (Lipinski definition) is 1. The monoisotopic (exact) mass is 500 g/mol. The number of nitriles is 1. The van der Waals surface area contributed by atoms with Crippen LogP contribution in [0.25, 0.3) is 11.2 Å². The van der Waals surface area contributed by atoms with Crippen LogP contribution in [0.4, 0.5) is 5.82 Å². The first-order valence-electron chi connectivity index (χ1n) is 10.0.